The van der Waals surface area contributed by atoms with E-state index in [1.165, 1.54) is 5.56 Å². The number of hydrogen-bond acceptors (Lipinski definition) is 4. The zero-order valence-electron chi connectivity index (χ0n) is 19.8. The van der Waals surface area contributed by atoms with E-state index in [0.29, 0.717) is 0 Å². The highest BCUT2D eigenvalue weighted by Gasteiger charge is 1.93. The molecule has 30 heavy (non-hydrogen) atoms. The Bertz CT molecular complexity index is 682. The predicted molar refractivity (Wildman–Crippen MR) is 126 cm³/mol. The molecule has 2 aromatic heterocycles. The van der Waals surface area contributed by atoms with Gasteiger partial charge in [0.15, 0.2) is 0 Å². The summed E-state index contributed by atoms with van der Waals surface area (Å²) < 4.78 is 3.66. The minimum Gasteiger partial charge on any atom is -0.253 e. The van der Waals surface area contributed by atoms with Crippen molar-refractivity contribution in [3.05, 3.63) is 72.3 Å². The fourth-order valence-corrected chi connectivity index (χ4v) is 2.22. The first-order chi connectivity index (χ1) is 14.7. The summed E-state index contributed by atoms with van der Waals surface area (Å²) in [7, 11) is 0. The third-order valence-electron chi connectivity index (χ3n) is 4.02. The maximum atomic E-state index is 3.92. The quantitative estimate of drug-likeness (QED) is 0.477. The van der Waals surface area contributed by atoms with Gasteiger partial charge in [-0.2, -0.15) is 0 Å². The maximum Gasteiger partial charge on any atom is 0.0824 e. The number of aryl methyl sites for hydroxylation is 5. The van der Waals surface area contributed by atoms with E-state index in [9.17, 15) is 0 Å². The minimum atomic E-state index is 0.910. The van der Waals surface area contributed by atoms with Gasteiger partial charge in [-0.05, 0) is 45.1 Å². The lowest BCUT2D eigenvalue weighted by Crippen LogP contribution is -1.93. The summed E-state index contributed by atoms with van der Waals surface area (Å²) in [6, 6.07) is 10.5. The SMILES string of the molecule is C=CCCc1ccccc1.CC.CCc1cn(CC)nn1.CCc1cn(CC)nn1. The molecule has 6 heteroatoms. The molecule has 0 radical (unpaired) electrons. The van der Waals surface area contributed by atoms with Crippen molar-refractivity contribution < 1.29 is 0 Å². The third-order valence-corrected chi connectivity index (χ3v) is 4.02. The van der Waals surface area contributed by atoms with Gasteiger partial charge in [0, 0.05) is 25.5 Å². The molecule has 0 unspecified atom stereocenters. The van der Waals surface area contributed by atoms with Crippen molar-refractivity contribution in [1.29, 1.82) is 0 Å². The van der Waals surface area contributed by atoms with Gasteiger partial charge in [-0.3, -0.25) is 9.36 Å². The smallest absolute Gasteiger partial charge is 0.0824 e. The van der Waals surface area contributed by atoms with Crippen LogP contribution in [-0.2, 0) is 32.4 Å². The van der Waals surface area contributed by atoms with Crippen molar-refractivity contribution >= 4 is 0 Å². The van der Waals surface area contributed by atoms with Crippen molar-refractivity contribution in [2.45, 2.75) is 80.3 Å². The average molecular weight is 413 g/mol. The molecule has 0 amide bonds. The number of hydrogen-bond donors (Lipinski definition) is 0. The Hall–Kier alpha value is -2.76. The fourth-order valence-electron chi connectivity index (χ4n) is 2.22. The zero-order chi connectivity index (χ0) is 22.6. The molecular formula is C24H40N6. The number of nitrogens with zero attached hydrogens (tertiary/aromatic N) is 6. The minimum absolute atomic E-state index is 0.910. The average Bonchev–Trinajstić information content (AvgIpc) is 3.49. The van der Waals surface area contributed by atoms with Gasteiger partial charge in [-0.1, -0.05) is 74.5 Å². The van der Waals surface area contributed by atoms with Crippen molar-refractivity contribution in [3.63, 3.8) is 0 Å². The molecule has 1 aromatic carbocycles. The van der Waals surface area contributed by atoms with Gasteiger partial charge in [0.05, 0.1) is 11.4 Å². The lowest BCUT2D eigenvalue weighted by molar-refractivity contribution is 0.626. The number of rotatable bonds is 7. The second kappa shape index (κ2) is 18.3. The normalized spacial score (nSPS) is 9.27. The predicted octanol–water partition coefficient (Wildman–Crippen LogP) is 5.55. The third kappa shape index (κ3) is 11.9. The molecule has 0 saturated heterocycles. The highest BCUT2D eigenvalue weighted by molar-refractivity contribution is 5.14. The van der Waals surface area contributed by atoms with Crippen LogP contribution in [0.1, 0.15) is 64.9 Å². The van der Waals surface area contributed by atoms with Gasteiger partial charge in [0.1, 0.15) is 0 Å². The van der Waals surface area contributed by atoms with Gasteiger partial charge in [-0.25, -0.2) is 0 Å². The first-order valence-corrected chi connectivity index (χ1v) is 11.1. The van der Waals surface area contributed by atoms with Gasteiger partial charge < -0.3 is 0 Å². The van der Waals surface area contributed by atoms with E-state index in [1.807, 2.05) is 61.6 Å². The van der Waals surface area contributed by atoms with Crippen LogP contribution in [0.4, 0.5) is 0 Å². The lowest BCUT2D eigenvalue weighted by atomic mass is 10.1. The zero-order valence-corrected chi connectivity index (χ0v) is 19.8. The summed E-state index contributed by atoms with van der Waals surface area (Å²) in [6.07, 6.45) is 10.0. The van der Waals surface area contributed by atoms with Gasteiger partial charge >= 0.3 is 0 Å². The van der Waals surface area contributed by atoms with Crippen LogP contribution in [0.2, 0.25) is 0 Å². The molecule has 0 aliphatic rings. The first-order valence-electron chi connectivity index (χ1n) is 11.1. The van der Waals surface area contributed by atoms with Crippen LogP contribution in [-0.4, -0.2) is 30.0 Å². The number of allylic oxidation sites excluding steroid dienone is 1. The summed E-state index contributed by atoms with van der Waals surface area (Å²) in [5.74, 6) is 0. The molecule has 6 nitrogen and oxygen atoms in total. The van der Waals surface area contributed by atoms with Crippen molar-refractivity contribution in [1.82, 2.24) is 30.0 Å². The Morgan fingerprint density at radius 3 is 1.57 bits per heavy atom. The van der Waals surface area contributed by atoms with E-state index in [2.05, 4.69) is 65.3 Å². The lowest BCUT2D eigenvalue weighted by Gasteiger charge is -1.94. The Balaban J connectivity index is 0.000000404. The second-order valence-corrected chi connectivity index (χ2v) is 6.15. The Kier molecular flexibility index (Phi) is 16.6. The van der Waals surface area contributed by atoms with E-state index in [1.54, 1.807) is 0 Å². The maximum absolute atomic E-state index is 3.92. The molecule has 2 heterocycles. The van der Waals surface area contributed by atoms with Crippen LogP contribution in [0.5, 0.6) is 0 Å². The molecule has 0 aliphatic carbocycles. The Labute approximate surface area is 183 Å². The Morgan fingerprint density at radius 2 is 1.27 bits per heavy atom. The summed E-state index contributed by atoms with van der Waals surface area (Å²) in [4.78, 5) is 0. The van der Waals surface area contributed by atoms with Gasteiger partial charge in [0.2, 0.25) is 0 Å². The summed E-state index contributed by atoms with van der Waals surface area (Å²) in [6.45, 7) is 17.7. The molecule has 0 aliphatic heterocycles. The number of benzene rings is 1. The largest absolute Gasteiger partial charge is 0.253 e. The standard InChI is InChI=1S/C10H12.2C6H11N3.C2H6/c1-2-3-7-10-8-5-4-6-9-10;2*1-3-6-5-9(4-2)8-7-6;1-2/h2,4-6,8-9H,1,3,7H2;2*5H,3-4H2,1-2H3;1-2H3. The monoisotopic (exact) mass is 412 g/mol. The van der Waals surface area contributed by atoms with E-state index < -0.39 is 0 Å². The van der Waals surface area contributed by atoms with Crippen LogP contribution >= 0.6 is 0 Å². The molecular weight excluding hydrogens is 372 g/mol. The molecule has 0 saturated carbocycles. The molecule has 0 fully saturated rings. The summed E-state index contributed by atoms with van der Waals surface area (Å²) in [5.41, 5.74) is 3.52. The second-order valence-electron chi connectivity index (χ2n) is 6.15. The first kappa shape index (κ1) is 27.2. The van der Waals surface area contributed by atoms with Crippen molar-refractivity contribution in [2.75, 3.05) is 0 Å². The van der Waals surface area contributed by atoms with Crippen LogP contribution < -0.4 is 0 Å². The van der Waals surface area contributed by atoms with Crippen LogP contribution in [0.3, 0.4) is 0 Å². The summed E-state index contributed by atoms with van der Waals surface area (Å²) in [5, 5.41) is 15.6. The van der Waals surface area contributed by atoms with E-state index in [0.717, 1.165) is 50.2 Å². The molecule has 0 spiro atoms. The fraction of sp³-hybridized carbons (Fsp3) is 0.500. The Morgan fingerprint density at radius 1 is 0.800 bits per heavy atom. The highest BCUT2D eigenvalue weighted by atomic mass is 15.4. The van der Waals surface area contributed by atoms with Crippen LogP contribution in [0.25, 0.3) is 0 Å². The van der Waals surface area contributed by atoms with Gasteiger partial charge in [0.25, 0.3) is 0 Å². The van der Waals surface area contributed by atoms with E-state index >= 15 is 0 Å². The van der Waals surface area contributed by atoms with Crippen LogP contribution in [0.15, 0.2) is 55.4 Å². The highest BCUT2D eigenvalue weighted by Crippen LogP contribution is 2.01. The molecule has 0 N–H and O–H groups in total. The topological polar surface area (TPSA) is 61.4 Å². The molecule has 0 bridgehead atoms. The van der Waals surface area contributed by atoms with Crippen LogP contribution in [0, 0.1) is 0 Å². The number of aromatic nitrogens is 6. The van der Waals surface area contributed by atoms with E-state index in [4.69, 9.17) is 0 Å². The van der Waals surface area contributed by atoms with E-state index in [-0.39, 0.29) is 0 Å². The van der Waals surface area contributed by atoms with Gasteiger partial charge in [-0.15, -0.1) is 16.8 Å². The summed E-state index contributed by atoms with van der Waals surface area (Å²) >= 11 is 0. The van der Waals surface area contributed by atoms with Crippen molar-refractivity contribution in [2.24, 2.45) is 0 Å². The molecule has 3 rings (SSSR count). The molecule has 0 atom stereocenters. The molecule has 166 valence electrons. The molecule has 3 aromatic rings. The van der Waals surface area contributed by atoms with Crippen molar-refractivity contribution in [3.8, 4) is 0 Å².